The van der Waals surface area contributed by atoms with Crippen LogP contribution in [0.2, 0.25) is 0 Å². The highest BCUT2D eigenvalue weighted by atomic mass is 19.3. The van der Waals surface area contributed by atoms with Crippen molar-refractivity contribution >= 4 is 5.91 Å². The number of rotatable bonds is 5. The molecule has 0 aromatic carbocycles. The topological polar surface area (TPSA) is 38.1 Å². The molecule has 0 saturated carbocycles. The van der Waals surface area contributed by atoms with Gasteiger partial charge in [0.2, 0.25) is 5.91 Å². The summed E-state index contributed by atoms with van der Waals surface area (Å²) >= 11 is 0. The van der Waals surface area contributed by atoms with Crippen LogP contribution in [0.1, 0.15) is 31.5 Å². The van der Waals surface area contributed by atoms with E-state index in [0.717, 1.165) is 25.9 Å². The van der Waals surface area contributed by atoms with E-state index >= 15 is 0 Å². The van der Waals surface area contributed by atoms with Crippen LogP contribution in [0.3, 0.4) is 0 Å². The zero-order chi connectivity index (χ0) is 13.7. The third-order valence-corrected chi connectivity index (χ3v) is 3.41. The monoisotopic (exact) mass is 271 g/mol. The number of halogens is 2. The number of piperidine rings is 1. The van der Waals surface area contributed by atoms with Crippen LogP contribution in [-0.4, -0.2) is 39.9 Å². The first-order chi connectivity index (χ1) is 9.16. The molecule has 1 amide bonds. The molecule has 1 fully saturated rings. The van der Waals surface area contributed by atoms with Gasteiger partial charge in [0.25, 0.3) is 6.43 Å². The van der Waals surface area contributed by atoms with Gasteiger partial charge < -0.3 is 9.47 Å². The van der Waals surface area contributed by atoms with Gasteiger partial charge in [0.05, 0.1) is 6.54 Å². The number of amides is 1. The van der Waals surface area contributed by atoms with Gasteiger partial charge in [-0.25, -0.2) is 13.8 Å². The van der Waals surface area contributed by atoms with Crippen LogP contribution in [0.4, 0.5) is 8.78 Å². The molecule has 0 atom stereocenters. The van der Waals surface area contributed by atoms with E-state index in [1.807, 2.05) is 4.90 Å². The highest BCUT2D eigenvalue weighted by Crippen LogP contribution is 2.12. The lowest BCUT2D eigenvalue weighted by Crippen LogP contribution is -2.35. The van der Waals surface area contributed by atoms with Crippen molar-refractivity contribution in [1.29, 1.82) is 0 Å². The van der Waals surface area contributed by atoms with E-state index in [4.69, 9.17) is 0 Å². The number of aromatic nitrogens is 2. The van der Waals surface area contributed by atoms with Crippen molar-refractivity contribution in [2.75, 3.05) is 13.1 Å². The fourth-order valence-corrected chi connectivity index (χ4v) is 2.40. The van der Waals surface area contributed by atoms with E-state index in [0.29, 0.717) is 18.7 Å². The van der Waals surface area contributed by atoms with Gasteiger partial charge in [0, 0.05) is 38.3 Å². The van der Waals surface area contributed by atoms with Crippen molar-refractivity contribution in [3.05, 3.63) is 18.2 Å². The van der Waals surface area contributed by atoms with E-state index in [1.165, 1.54) is 23.4 Å². The lowest BCUT2D eigenvalue weighted by Gasteiger charge is -2.26. The maximum Gasteiger partial charge on any atom is 0.256 e. The van der Waals surface area contributed by atoms with Crippen molar-refractivity contribution in [3.8, 4) is 0 Å². The molecule has 0 unspecified atom stereocenters. The Morgan fingerprint density at radius 1 is 1.32 bits per heavy atom. The van der Waals surface area contributed by atoms with Gasteiger partial charge in [-0.2, -0.15) is 0 Å². The zero-order valence-corrected chi connectivity index (χ0v) is 10.9. The van der Waals surface area contributed by atoms with Crippen LogP contribution in [0.15, 0.2) is 12.4 Å². The first-order valence-electron chi connectivity index (χ1n) is 6.73. The lowest BCUT2D eigenvalue weighted by molar-refractivity contribution is -0.132. The lowest BCUT2D eigenvalue weighted by atomic mass is 10.1. The van der Waals surface area contributed by atoms with Crippen LogP contribution in [0.25, 0.3) is 0 Å². The number of nitrogens with zero attached hydrogens (tertiary/aromatic N) is 3. The van der Waals surface area contributed by atoms with Gasteiger partial charge in [-0.3, -0.25) is 4.79 Å². The average Bonchev–Trinajstić information content (AvgIpc) is 2.83. The second-order valence-electron chi connectivity index (χ2n) is 4.83. The van der Waals surface area contributed by atoms with Crippen molar-refractivity contribution in [2.24, 2.45) is 0 Å². The van der Waals surface area contributed by atoms with E-state index in [1.54, 1.807) is 0 Å². The number of hydrogen-bond acceptors (Lipinski definition) is 2. The number of alkyl halides is 2. The highest BCUT2D eigenvalue weighted by Gasteiger charge is 2.17. The molecule has 1 aliphatic rings. The molecule has 0 aliphatic carbocycles. The third-order valence-electron chi connectivity index (χ3n) is 3.41. The minimum atomic E-state index is -2.40. The first-order valence-corrected chi connectivity index (χ1v) is 6.73. The number of carbonyl (C=O) groups excluding carboxylic acids is 1. The standard InChI is InChI=1S/C13H19F2N3O/c14-11(15)10-18-9-6-16-12(18)4-5-13(19)17-7-2-1-3-8-17/h6,9,11H,1-5,7-8,10H2. The Morgan fingerprint density at radius 3 is 2.74 bits per heavy atom. The van der Waals surface area contributed by atoms with Crippen LogP contribution in [0, 0.1) is 0 Å². The van der Waals surface area contributed by atoms with Gasteiger partial charge in [-0.05, 0) is 19.3 Å². The van der Waals surface area contributed by atoms with Crippen molar-refractivity contribution in [3.63, 3.8) is 0 Å². The van der Waals surface area contributed by atoms with Gasteiger partial charge in [-0.1, -0.05) is 0 Å². The maximum atomic E-state index is 12.3. The molecular formula is C13H19F2N3O. The first kappa shape index (κ1) is 14.0. The molecule has 1 saturated heterocycles. The summed E-state index contributed by atoms with van der Waals surface area (Å²) in [4.78, 5) is 17.9. The van der Waals surface area contributed by atoms with Crippen molar-refractivity contribution in [1.82, 2.24) is 14.5 Å². The van der Waals surface area contributed by atoms with E-state index in [-0.39, 0.29) is 12.5 Å². The molecule has 1 aromatic heterocycles. The molecule has 4 nitrogen and oxygen atoms in total. The Kier molecular flexibility index (Phi) is 4.87. The molecule has 0 N–H and O–H groups in total. The normalized spacial score (nSPS) is 16.1. The minimum Gasteiger partial charge on any atom is -0.343 e. The summed E-state index contributed by atoms with van der Waals surface area (Å²) in [6.45, 7) is 1.29. The summed E-state index contributed by atoms with van der Waals surface area (Å²) in [7, 11) is 0. The second kappa shape index (κ2) is 6.63. The SMILES string of the molecule is O=C(CCc1nccn1CC(F)F)N1CCCCC1. The van der Waals surface area contributed by atoms with E-state index < -0.39 is 6.43 Å². The molecule has 0 bridgehead atoms. The molecule has 2 heterocycles. The maximum absolute atomic E-state index is 12.3. The van der Waals surface area contributed by atoms with Gasteiger partial charge in [-0.15, -0.1) is 0 Å². The van der Waals surface area contributed by atoms with Crippen LogP contribution in [-0.2, 0) is 17.8 Å². The summed E-state index contributed by atoms with van der Waals surface area (Å²) in [5.41, 5.74) is 0. The molecule has 0 radical (unpaired) electrons. The molecule has 6 heteroatoms. The number of carbonyl (C=O) groups is 1. The Balaban J connectivity index is 1.84. The van der Waals surface area contributed by atoms with Crippen LogP contribution >= 0.6 is 0 Å². The van der Waals surface area contributed by atoms with E-state index in [9.17, 15) is 13.6 Å². The van der Waals surface area contributed by atoms with E-state index in [2.05, 4.69) is 4.98 Å². The van der Waals surface area contributed by atoms with Crippen molar-refractivity contribution < 1.29 is 13.6 Å². The molecule has 2 rings (SSSR count). The predicted octanol–water partition coefficient (Wildman–Crippen LogP) is 2.09. The number of imidazole rings is 1. The molecule has 1 aliphatic heterocycles. The third kappa shape index (κ3) is 4.01. The smallest absolute Gasteiger partial charge is 0.256 e. The Morgan fingerprint density at radius 2 is 2.05 bits per heavy atom. The summed E-state index contributed by atoms with van der Waals surface area (Å²) in [5.74, 6) is 0.664. The Hall–Kier alpha value is -1.46. The summed E-state index contributed by atoms with van der Waals surface area (Å²) in [6, 6.07) is 0. The summed E-state index contributed by atoms with van der Waals surface area (Å²) in [5, 5.41) is 0. The van der Waals surface area contributed by atoms with Crippen LogP contribution in [0.5, 0.6) is 0 Å². The average molecular weight is 271 g/mol. The largest absolute Gasteiger partial charge is 0.343 e. The molecule has 19 heavy (non-hydrogen) atoms. The molecular weight excluding hydrogens is 252 g/mol. The summed E-state index contributed by atoms with van der Waals surface area (Å²) in [6.07, 6.45) is 4.72. The van der Waals surface area contributed by atoms with Crippen LogP contribution < -0.4 is 0 Å². The fraction of sp³-hybridized carbons (Fsp3) is 0.692. The number of likely N-dealkylation sites (tertiary alicyclic amines) is 1. The quantitative estimate of drug-likeness (QED) is 0.822. The second-order valence-corrected chi connectivity index (χ2v) is 4.83. The molecule has 0 spiro atoms. The predicted molar refractivity (Wildman–Crippen MR) is 67.0 cm³/mol. The van der Waals surface area contributed by atoms with Gasteiger partial charge in [0.15, 0.2) is 0 Å². The molecule has 1 aromatic rings. The number of hydrogen-bond donors (Lipinski definition) is 0. The number of aryl methyl sites for hydroxylation is 1. The Bertz CT molecular complexity index is 414. The molecule has 106 valence electrons. The Labute approximate surface area is 111 Å². The minimum absolute atomic E-state index is 0.103. The summed E-state index contributed by atoms with van der Waals surface area (Å²) < 4.78 is 26.1. The van der Waals surface area contributed by atoms with Crippen molar-refractivity contribution in [2.45, 2.75) is 45.1 Å². The zero-order valence-electron chi connectivity index (χ0n) is 10.9. The van der Waals surface area contributed by atoms with Gasteiger partial charge >= 0.3 is 0 Å². The fourth-order valence-electron chi connectivity index (χ4n) is 2.40. The highest BCUT2D eigenvalue weighted by molar-refractivity contribution is 5.76. The van der Waals surface area contributed by atoms with Gasteiger partial charge in [0.1, 0.15) is 5.82 Å².